The van der Waals surface area contributed by atoms with Crippen molar-refractivity contribution in [3.63, 3.8) is 0 Å². The maximum Gasteiger partial charge on any atom is 0.208 e. The zero-order valence-electron chi connectivity index (χ0n) is 15.5. The van der Waals surface area contributed by atoms with Crippen molar-refractivity contribution in [2.24, 2.45) is 0 Å². The minimum Gasteiger partial charge on any atom is -0.348 e. The van der Waals surface area contributed by atoms with E-state index in [1.165, 1.54) is 45.0 Å². The average molecular weight is 329 g/mol. The SMILES string of the molecule is Cc1ccc2c(c1)C/C(=C/C=CC1=[N+](C)c3ccc(C)cc3C1)N2C. The van der Waals surface area contributed by atoms with E-state index in [9.17, 15) is 0 Å². The Hall–Kier alpha value is -2.61. The topological polar surface area (TPSA) is 6.25 Å². The molecule has 2 aromatic carbocycles. The monoisotopic (exact) mass is 329 g/mol. The molecule has 0 fully saturated rings. The largest absolute Gasteiger partial charge is 0.348 e. The van der Waals surface area contributed by atoms with Gasteiger partial charge in [0.15, 0.2) is 5.71 Å². The molecule has 0 aromatic heterocycles. The number of nitrogens with zero attached hydrogens (tertiary/aromatic N) is 2. The van der Waals surface area contributed by atoms with E-state index in [1.54, 1.807) is 0 Å². The molecule has 0 amide bonds. The van der Waals surface area contributed by atoms with Gasteiger partial charge < -0.3 is 4.90 Å². The lowest BCUT2D eigenvalue weighted by Crippen LogP contribution is -2.10. The van der Waals surface area contributed by atoms with Crippen molar-refractivity contribution in [2.75, 3.05) is 19.0 Å². The number of hydrogen-bond donors (Lipinski definition) is 0. The quantitative estimate of drug-likeness (QED) is 0.723. The summed E-state index contributed by atoms with van der Waals surface area (Å²) in [6, 6.07) is 13.4. The lowest BCUT2D eigenvalue weighted by atomic mass is 10.1. The number of hydrogen-bond acceptors (Lipinski definition) is 1. The van der Waals surface area contributed by atoms with E-state index in [2.05, 4.69) is 92.0 Å². The van der Waals surface area contributed by atoms with E-state index in [0.717, 1.165) is 12.8 Å². The molecule has 0 aliphatic carbocycles. The van der Waals surface area contributed by atoms with Gasteiger partial charge in [0.2, 0.25) is 5.69 Å². The maximum atomic E-state index is 2.31. The van der Waals surface area contributed by atoms with E-state index in [1.807, 2.05) is 0 Å². The van der Waals surface area contributed by atoms with E-state index in [0.29, 0.717) is 0 Å². The number of rotatable bonds is 2. The van der Waals surface area contributed by atoms with Crippen LogP contribution in [-0.4, -0.2) is 24.4 Å². The number of anilines is 1. The number of fused-ring (bicyclic) bond motifs is 2. The second-order valence-electron chi connectivity index (χ2n) is 7.24. The summed E-state index contributed by atoms with van der Waals surface area (Å²) in [5, 5.41) is 0. The first-order chi connectivity index (χ1) is 12.0. The zero-order chi connectivity index (χ0) is 17.6. The minimum absolute atomic E-state index is 1.02. The summed E-state index contributed by atoms with van der Waals surface area (Å²) in [6.07, 6.45) is 8.74. The van der Waals surface area contributed by atoms with Gasteiger partial charge in [-0.2, -0.15) is 4.58 Å². The van der Waals surface area contributed by atoms with Crippen LogP contribution in [0.3, 0.4) is 0 Å². The summed E-state index contributed by atoms with van der Waals surface area (Å²) >= 11 is 0. The number of likely N-dealkylation sites (N-methyl/N-ethyl adjacent to an activating group) is 1. The number of allylic oxidation sites excluding steroid dienone is 4. The van der Waals surface area contributed by atoms with Gasteiger partial charge in [0.25, 0.3) is 0 Å². The molecular weight excluding hydrogens is 304 g/mol. The van der Waals surface area contributed by atoms with E-state index < -0.39 is 0 Å². The summed E-state index contributed by atoms with van der Waals surface area (Å²) in [5.41, 5.74) is 10.9. The Kier molecular flexibility index (Phi) is 3.84. The van der Waals surface area contributed by atoms with Crippen molar-refractivity contribution in [1.82, 2.24) is 0 Å². The number of aryl methyl sites for hydroxylation is 2. The molecule has 2 nitrogen and oxygen atoms in total. The molecule has 0 unspecified atom stereocenters. The summed E-state index contributed by atoms with van der Waals surface area (Å²) in [7, 11) is 4.32. The third kappa shape index (κ3) is 2.82. The van der Waals surface area contributed by atoms with Gasteiger partial charge in [-0.3, -0.25) is 0 Å². The second-order valence-corrected chi connectivity index (χ2v) is 7.24. The highest BCUT2D eigenvalue weighted by Crippen LogP contribution is 2.33. The van der Waals surface area contributed by atoms with Gasteiger partial charge >= 0.3 is 0 Å². The van der Waals surface area contributed by atoms with Gasteiger partial charge in [-0.25, -0.2) is 0 Å². The molecule has 0 saturated carbocycles. The Balaban J connectivity index is 1.54. The second kappa shape index (κ2) is 6.03. The third-order valence-corrected chi connectivity index (χ3v) is 5.37. The van der Waals surface area contributed by atoms with Crippen molar-refractivity contribution in [1.29, 1.82) is 0 Å². The molecule has 0 saturated heterocycles. The van der Waals surface area contributed by atoms with Crippen LogP contribution in [0.4, 0.5) is 11.4 Å². The molecule has 4 rings (SSSR count). The molecular formula is C23H25N2+. The summed E-state index contributed by atoms with van der Waals surface area (Å²) in [5.74, 6) is 0. The Morgan fingerprint density at radius 3 is 2.48 bits per heavy atom. The summed E-state index contributed by atoms with van der Waals surface area (Å²) < 4.78 is 2.31. The lowest BCUT2D eigenvalue weighted by molar-refractivity contribution is -0.400. The molecule has 2 heteroatoms. The van der Waals surface area contributed by atoms with Crippen LogP contribution in [0.1, 0.15) is 22.3 Å². The molecule has 126 valence electrons. The predicted molar refractivity (Wildman–Crippen MR) is 106 cm³/mol. The highest BCUT2D eigenvalue weighted by Gasteiger charge is 2.25. The molecule has 25 heavy (non-hydrogen) atoms. The lowest BCUT2D eigenvalue weighted by Gasteiger charge is -2.14. The summed E-state index contributed by atoms with van der Waals surface area (Å²) in [6.45, 7) is 4.32. The van der Waals surface area contributed by atoms with Gasteiger partial charge in [0.05, 0.1) is 6.42 Å². The normalized spacial score (nSPS) is 17.8. The van der Waals surface area contributed by atoms with Crippen LogP contribution in [0.25, 0.3) is 0 Å². The number of benzene rings is 2. The highest BCUT2D eigenvalue weighted by atomic mass is 15.1. The van der Waals surface area contributed by atoms with Crippen molar-refractivity contribution in [3.8, 4) is 0 Å². The Morgan fingerprint density at radius 1 is 0.960 bits per heavy atom. The van der Waals surface area contributed by atoms with Gasteiger partial charge in [-0.15, -0.1) is 0 Å². The van der Waals surface area contributed by atoms with Crippen molar-refractivity contribution >= 4 is 17.1 Å². The van der Waals surface area contributed by atoms with Crippen molar-refractivity contribution < 1.29 is 4.58 Å². The van der Waals surface area contributed by atoms with Crippen molar-refractivity contribution in [2.45, 2.75) is 26.7 Å². The van der Waals surface area contributed by atoms with Gasteiger partial charge in [0.1, 0.15) is 7.05 Å². The fourth-order valence-corrected chi connectivity index (χ4v) is 3.91. The van der Waals surface area contributed by atoms with Crippen LogP contribution in [0.5, 0.6) is 0 Å². The highest BCUT2D eigenvalue weighted by molar-refractivity contribution is 5.96. The van der Waals surface area contributed by atoms with Crippen LogP contribution in [0.15, 0.2) is 60.3 Å². The van der Waals surface area contributed by atoms with Crippen LogP contribution in [0.2, 0.25) is 0 Å². The van der Waals surface area contributed by atoms with E-state index in [4.69, 9.17) is 0 Å². The molecule has 2 aliphatic rings. The van der Waals surface area contributed by atoms with Gasteiger partial charge in [-0.05, 0) is 37.6 Å². The third-order valence-electron chi connectivity index (χ3n) is 5.37. The first kappa shape index (κ1) is 15.9. The Morgan fingerprint density at radius 2 is 1.68 bits per heavy atom. The molecule has 2 heterocycles. The Bertz CT molecular complexity index is 945. The Labute approximate surface area is 150 Å². The zero-order valence-corrected chi connectivity index (χ0v) is 15.5. The molecule has 0 atom stereocenters. The first-order valence-electron chi connectivity index (χ1n) is 8.92. The molecule has 2 aromatic rings. The maximum absolute atomic E-state index is 2.31. The van der Waals surface area contributed by atoms with Crippen LogP contribution in [-0.2, 0) is 12.8 Å². The molecule has 0 N–H and O–H groups in total. The molecule has 2 aliphatic heterocycles. The predicted octanol–water partition coefficient (Wildman–Crippen LogP) is 4.71. The van der Waals surface area contributed by atoms with Crippen molar-refractivity contribution in [3.05, 3.63) is 82.6 Å². The fraction of sp³-hybridized carbons (Fsp3) is 0.261. The van der Waals surface area contributed by atoms with Gasteiger partial charge in [0, 0.05) is 42.6 Å². The smallest absolute Gasteiger partial charge is 0.208 e. The van der Waals surface area contributed by atoms with Crippen LogP contribution < -0.4 is 4.90 Å². The first-order valence-corrected chi connectivity index (χ1v) is 8.92. The molecule has 0 bridgehead atoms. The van der Waals surface area contributed by atoms with Crippen LogP contribution >= 0.6 is 0 Å². The molecule has 0 radical (unpaired) electrons. The van der Waals surface area contributed by atoms with E-state index in [-0.39, 0.29) is 0 Å². The standard InChI is InChI=1S/C23H25N2/c1-16-8-10-22-18(12-16)14-20(24(22)3)6-5-7-21-15-19-13-17(2)9-11-23(19)25(21)4/h5-13H,14-15H2,1-4H3/q+1. The molecule has 0 spiro atoms. The summed E-state index contributed by atoms with van der Waals surface area (Å²) in [4.78, 5) is 2.31. The fourth-order valence-electron chi connectivity index (χ4n) is 3.91. The van der Waals surface area contributed by atoms with E-state index >= 15 is 0 Å². The average Bonchev–Trinajstić information content (AvgIpc) is 3.05. The van der Waals surface area contributed by atoms with Crippen LogP contribution in [0, 0.1) is 13.8 Å². The minimum atomic E-state index is 1.02. The van der Waals surface area contributed by atoms with Gasteiger partial charge in [-0.1, -0.05) is 35.4 Å².